The summed E-state index contributed by atoms with van der Waals surface area (Å²) in [4.78, 5) is 19.5. The highest BCUT2D eigenvalue weighted by atomic mass is 32.2. The number of aromatic nitrogens is 1. The maximum Gasteiger partial charge on any atom is 0.244 e. The molecule has 11 heteroatoms. The normalized spacial score (nSPS) is 15.9. The first-order chi connectivity index (χ1) is 16.4. The van der Waals surface area contributed by atoms with Gasteiger partial charge in [-0.15, -0.1) is 0 Å². The van der Waals surface area contributed by atoms with Gasteiger partial charge in [0.15, 0.2) is 15.0 Å². The zero-order valence-electron chi connectivity index (χ0n) is 19.1. The van der Waals surface area contributed by atoms with Gasteiger partial charge in [-0.05, 0) is 49.2 Å². The molecule has 1 atom stereocenters. The highest BCUT2D eigenvalue weighted by Gasteiger charge is 2.30. The van der Waals surface area contributed by atoms with Crippen LogP contribution >= 0.6 is 11.3 Å². The van der Waals surface area contributed by atoms with Crippen LogP contribution in [-0.2, 0) is 19.4 Å². The quantitative estimate of drug-likeness (QED) is 0.435. The molecule has 0 N–H and O–H groups in total. The summed E-state index contributed by atoms with van der Waals surface area (Å²) in [5.41, 5.74) is 0.546. The van der Waals surface area contributed by atoms with E-state index in [9.17, 15) is 13.2 Å². The average Bonchev–Trinajstić information content (AvgIpc) is 3.51. The van der Waals surface area contributed by atoms with E-state index in [4.69, 9.17) is 18.9 Å². The molecule has 1 saturated heterocycles. The Bertz CT molecular complexity index is 1230. The van der Waals surface area contributed by atoms with E-state index >= 15 is 0 Å². The number of carbonyl (C=O) groups is 1. The van der Waals surface area contributed by atoms with E-state index in [1.165, 1.54) is 42.6 Å². The molecule has 4 rings (SSSR count). The van der Waals surface area contributed by atoms with Crippen molar-refractivity contribution >= 4 is 42.4 Å². The smallest absolute Gasteiger partial charge is 0.244 e. The standard InChI is InChI=1S/C23H26N2O7S2/c1-29-15-6-8-17(9-7-15)34(27,28)14-20(26)25(13-16-5-4-12-32-16)23-24-21-18(30-2)10-11-19(31-3)22(21)33-23/h6-11,16H,4-5,12-14H2,1-3H3. The summed E-state index contributed by atoms with van der Waals surface area (Å²) in [5.74, 6) is 0.380. The zero-order valence-corrected chi connectivity index (χ0v) is 20.8. The highest BCUT2D eigenvalue weighted by molar-refractivity contribution is 7.92. The topological polar surface area (TPSA) is 104 Å². The Labute approximate surface area is 202 Å². The van der Waals surface area contributed by atoms with Crippen LogP contribution < -0.4 is 19.1 Å². The third-order valence-electron chi connectivity index (χ3n) is 5.57. The molecule has 1 unspecified atom stereocenters. The van der Waals surface area contributed by atoms with Crippen LogP contribution in [0.5, 0.6) is 17.2 Å². The van der Waals surface area contributed by atoms with Crippen LogP contribution in [0.25, 0.3) is 10.2 Å². The predicted molar refractivity (Wildman–Crippen MR) is 129 cm³/mol. The van der Waals surface area contributed by atoms with Crippen LogP contribution in [0.15, 0.2) is 41.3 Å². The molecule has 34 heavy (non-hydrogen) atoms. The van der Waals surface area contributed by atoms with Crippen molar-refractivity contribution in [3.8, 4) is 17.2 Å². The minimum Gasteiger partial charge on any atom is -0.497 e. The largest absolute Gasteiger partial charge is 0.497 e. The summed E-state index contributed by atoms with van der Waals surface area (Å²) >= 11 is 1.25. The van der Waals surface area contributed by atoms with Crippen molar-refractivity contribution in [2.75, 3.05) is 45.1 Å². The number of ether oxygens (including phenoxy) is 4. The van der Waals surface area contributed by atoms with Crippen molar-refractivity contribution in [3.05, 3.63) is 36.4 Å². The van der Waals surface area contributed by atoms with Crippen molar-refractivity contribution in [3.63, 3.8) is 0 Å². The van der Waals surface area contributed by atoms with Crippen molar-refractivity contribution in [2.24, 2.45) is 0 Å². The lowest BCUT2D eigenvalue weighted by atomic mass is 10.2. The number of hydrogen-bond acceptors (Lipinski definition) is 9. The van der Waals surface area contributed by atoms with Gasteiger partial charge >= 0.3 is 0 Å². The Morgan fingerprint density at radius 1 is 1.09 bits per heavy atom. The lowest BCUT2D eigenvalue weighted by molar-refractivity contribution is -0.116. The number of amides is 1. The second-order valence-corrected chi connectivity index (χ2v) is 10.7. The number of rotatable bonds is 9. The van der Waals surface area contributed by atoms with Crippen LogP contribution in [0.1, 0.15) is 12.8 Å². The Morgan fingerprint density at radius 2 is 1.79 bits per heavy atom. The number of anilines is 1. The molecule has 2 heterocycles. The Morgan fingerprint density at radius 3 is 2.41 bits per heavy atom. The van der Waals surface area contributed by atoms with E-state index in [1.807, 2.05) is 0 Å². The fourth-order valence-electron chi connectivity index (χ4n) is 3.78. The first-order valence-corrected chi connectivity index (χ1v) is 13.1. The van der Waals surface area contributed by atoms with Crippen LogP contribution in [0.2, 0.25) is 0 Å². The van der Waals surface area contributed by atoms with Gasteiger partial charge in [0.1, 0.15) is 33.2 Å². The first-order valence-electron chi connectivity index (χ1n) is 10.7. The van der Waals surface area contributed by atoms with Gasteiger partial charge in [0.05, 0.1) is 38.9 Å². The van der Waals surface area contributed by atoms with Gasteiger partial charge in [0.2, 0.25) is 5.91 Å². The first kappa shape index (κ1) is 24.2. The van der Waals surface area contributed by atoms with Crippen LogP contribution in [0.4, 0.5) is 5.13 Å². The predicted octanol–water partition coefficient (Wildman–Crippen LogP) is 3.31. The number of thiazole rings is 1. The maximum atomic E-state index is 13.4. The molecule has 1 aromatic heterocycles. The van der Waals surface area contributed by atoms with Crippen molar-refractivity contribution in [2.45, 2.75) is 23.8 Å². The molecule has 9 nitrogen and oxygen atoms in total. The number of hydrogen-bond donors (Lipinski definition) is 0. The van der Waals surface area contributed by atoms with E-state index in [2.05, 4.69) is 4.98 Å². The molecule has 0 saturated carbocycles. The van der Waals surface area contributed by atoms with Gasteiger partial charge in [-0.2, -0.15) is 0 Å². The second kappa shape index (κ2) is 10.2. The number of fused-ring (bicyclic) bond motifs is 1. The SMILES string of the molecule is COc1ccc(S(=O)(=O)CC(=O)N(CC2CCCO2)c2nc3c(OC)ccc(OC)c3s2)cc1. The number of benzene rings is 2. The van der Waals surface area contributed by atoms with E-state index in [0.717, 1.165) is 12.8 Å². The van der Waals surface area contributed by atoms with Crippen LogP contribution in [0.3, 0.4) is 0 Å². The monoisotopic (exact) mass is 506 g/mol. The third kappa shape index (κ3) is 4.96. The molecule has 2 aromatic carbocycles. The highest BCUT2D eigenvalue weighted by Crippen LogP contribution is 2.40. The van der Waals surface area contributed by atoms with Gasteiger partial charge in [-0.1, -0.05) is 11.3 Å². The van der Waals surface area contributed by atoms with Crippen molar-refractivity contribution in [1.82, 2.24) is 4.98 Å². The van der Waals surface area contributed by atoms with Crippen LogP contribution in [0, 0.1) is 0 Å². The molecular formula is C23H26N2O7S2. The van der Waals surface area contributed by atoms with Gasteiger partial charge in [0, 0.05) is 6.61 Å². The second-order valence-electron chi connectivity index (χ2n) is 7.72. The third-order valence-corrected chi connectivity index (χ3v) is 8.28. The van der Waals surface area contributed by atoms with Gasteiger partial charge in [0.25, 0.3) is 0 Å². The molecule has 1 aliphatic rings. The molecule has 0 radical (unpaired) electrons. The van der Waals surface area contributed by atoms with E-state index < -0.39 is 21.5 Å². The van der Waals surface area contributed by atoms with Crippen molar-refractivity contribution < 1.29 is 32.2 Å². The minimum atomic E-state index is -3.89. The fraction of sp³-hybridized carbons (Fsp3) is 0.391. The van der Waals surface area contributed by atoms with E-state index in [1.54, 1.807) is 31.4 Å². The number of nitrogens with zero attached hydrogens (tertiary/aromatic N) is 2. The summed E-state index contributed by atoms with van der Waals surface area (Å²) in [6.07, 6.45) is 1.48. The molecule has 0 aliphatic carbocycles. The number of sulfone groups is 1. The Kier molecular flexibility index (Phi) is 7.24. The molecule has 1 amide bonds. The molecule has 1 fully saturated rings. The Balaban J connectivity index is 1.69. The lowest BCUT2D eigenvalue weighted by Gasteiger charge is -2.23. The number of carbonyl (C=O) groups excluding carboxylic acids is 1. The minimum absolute atomic E-state index is 0.0476. The summed E-state index contributed by atoms with van der Waals surface area (Å²) in [7, 11) is 0.703. The van der Waals surface area contributed by atoms with Gasteiger partial charge in [-0.3, -0.25) is 9.69 Å². The number of methoxy groups -OCH3 is 3. The lowest BCUT2D eigenvalue weighted by Crippen LogP contribution is -2.40. The van der Waals surface area contributed by atoms with Gasteiger partial charge in [-0.25, -0.2) is 13.4 Å². The molecular weight excluding hydrogens is 480 g/mol. The van der Waals surface area contributed by atoms with E-state index in [0.29, 0.717) is 39.2 Å². The maximum absolute atomic E-state index is 13.4. The van der Waals surface area contributed by atoms with Crippen molar-refractivity contribution in [1.29, 1.82) is 0 Å². The summed E-state index contributed by atoms with van der Waals surface area (Å²) in [6, 6.07) is 9.47. The fourth-order valence-corrected chi connectivity index (χ4v) is 6.07. The average molecular weight is 507 g/mol. The Hall–Kier alpha value is -2.89. The van der Waals surface area contributed by atoms with Crippen LogP contribution in [-0.4, -0.2) is 65.6 Å². The van der Waals surface area contributed by atoms with E-state index in [-0.39, 0.29) is 17.5 Å². The zero-order chi connectivity index (χ0) is 24.3. The molecule has 182 valence electrons. The molecule has 0 bridgehead atoms. The molecule has 1 aliphatic heterocycles. The molecule has 0 spiro atoms. The summed E-state index contributed by atoms with van der Waals surface area (Å²) < 4.78 is 48.4. The summed E-state index contributed by atoms with van der Waals surface area (Å²) in [6.45, 7) is 0.819. The summed E-state index contributed by atoms with van der Waals surface area (Å²) in [5, 5.41) is 0.364. The van der Waals surface area contributed by atoms with Gasteiger partial charge < -0.3 is 18.9 Å². The molecule has 3 aromatic rings.